The molecule has 0 aliphatic heterocycles. The molecule has 2 nitrogen and oxygen atoms in total. The van der Waals surface area contributed by atoms with Gasteiger partial charge in [0, 0.05) is 5.92 Å². The zero-order chi connectivity index (χ0) is 9.90. The Labute approximate surface area is 80.3 Å². The van der Waals surface area contributed by atoms with Crippen LogP contribution in [0.4, 0.5) is 0 Å². The van der Waals surface area contributed by atoms with Crippen LogP contribution in [0.1, 0.15) is 52.4 Å². The Morgan fingerprint density at radius 1 is 1.46 bits per heavy atom. The molecular formula is C11H20O2. The van der Waals surface area contributed by atoms with Crippen LogP contribution < -0.4 is 0 Å². The molecule has 0 heterocycles. The lowest BCUT2D eigenvalue weighted by Crippen LogP contribution is -2.35. The quantitative estimate of drug-likeness (QED) is 0.730. The first-order valence-corrected chi connectivity index (χ1v) is 5.30. The number of Topliss-reactive ketones (excluding diaryl/α,β-unsaturated/α-hetero) is 1. The molecule has 0 aromatic heterocycles. The molecule has 13 heavy (non-hydrogen) atoms. The second-order valence-electron chi connectivity index (χ2n) is 4.36. The van der Waals surface area contributed by atoms with E-state index in [1.54, 1.807) is 6.92 Å². The third-order valence-corrected chi connectivity index (χ3v) is 3.21. The number of hydrogen-bond acceptors (Lipinski definition) is 2. The van der Waals surface area contributed by atoms with E-state index in [4.69, 9.17) is 0 Å². The standard InChI is InChI=1S/C11H20O2/c1-3-6-11(13)7-4-10(5-8-11)9(2)12/h10,13H,3-8H2,1-2H3. The van der Waals surface area contributed by atoms with E-state index in [2.05, 4.69) is 6.92 Å². The summed E-state index contributed by atoms with van der Waals surface area (Å²) in [6, 6.07) is 0. The van der Waals surface area contributed by atoms with Crippen molar-refractivity contribution in [1.82, 2.24) is 0 Å². The van der Waals surface area contributed by atoms with Gasteiger partial charge in [-0.2, -0.15) is 0 Å². The Balaban J connectivity index is 2.41. The summed E-state index contributed by atoms with van der Waals surface area (Å²) < 4.78 is 0. The lowest BCUT2D eigenvalue weighted by Gasteiger charge is -2.35. The highest BCUT2D eigenvalue weighted by atomic mass is 16.3. The summed E-state index contributed by atoms with van der Waals surface area (Å²) in [4.78, 5) is 11.1. The molecule has 0 spiro atoms. The second-order valence-corrected chi connectivity index (χ2v) is 4.36. The molecule has 0 unspecified atom stereocenters. The van der Waals surface area contributed by atoms with E-state index in [9.17, 15) is 9.90 Å². The Morgan fingerprint density at radius 2 is 2.00 bits per heavy atom. The largest absolute Gasteiger partial charge is 0.390 e. The maximum Gasteiger partial charge on any atom is 0.132 e. The Kier molecular flexibility index (Phi) is 3.48. The average Bonchev–Trinajstić information content (AvgIpc) is 2.05. The van der Waals surface area contributed by atoms with Crippen LogP contribution in [0, 0.1) is 5.92 Å². The van der Waals surface area contributed by atoms with Gasteiger partial charge in [0.2, 0.25) is 0 Å². The summed E-state index contributed by atoms with van der Waals surface area (Å²) >= 11 is 0. The van der Waals surface area contributed by atoms with Crippen molar-refractivity contribution in [3.8, 4) is 0 Å². The smallest absolute Gasteiger partial charge is 0.132 e. The molecule has 0 aromatic rings. The third-order valence-electron chi connectivity index (χ3n) is 3.21. The van der Waals surface area contributed by atoms with Crippen LogP contribution in [0.15, 0.2) is 0 Å². The fourth-order valence-corrected chi connectivity index (χ4v) is 2.28. The zero-order valence-corrected chi connectivity index (χ0v) is 8.68. The number of ketones is 1. The fourth-order valence-electron chi connectivity index (χ4n) is 2.28. The lowest BCUT2D eigenvalue weighted by atomic mass is 9.75. The lowest BCUT2D eigenvalue weighted by molar-refractivity contribution is -0.123. The SMILES string of the molecule is CCCC1(O)CCC(C(C)=O)CC1. The van der Waals surface area contributed by atoms with Crippen LogP contribution in [-0.2, 0) is 4.79 Å². The first-order valence-electron chi connectivity index (χ1n) is 5.30. The van der Waals surface area contributed by atoms with Gasteiger partial charge in [0.25, 0.3) is 0 Å². The summed E-state index contributed by atoms with van der Waals surface area (Å²) in [6.45, 7) is 3.75. The van der Waals surface area contributed by atoms with Crippen molar-refractivity contribution in [2.75, 3.05) is 0 Å². The van der Waals surface area contributed by atoms with Crippen molar-refractivity contribution in [2.45, 2.75) is 58.0 Å². The van der Waals surface area contributed by atoms with Crippen LogP contribution in [0.2, 0.25) is 0 Å². The highest BCUT2D eigenvalue weighted by molar-refractivity contribution is 5.78. The minimum atomic E-state index is -0.458. The zero-order valence-electron chi connectivity index (χ0n) is 8.68. The number of rotatable bonds is 3. The van der Waals surface area contributed by atoms with Gasteiger partial charge in [0.1, 0.15) is 5.78 Å². The van der Waals surface area contributed by atoms with Gasteiger partial charge >= 0.3 is 0 Å². The van der Waals surface area contributed by atoms with Gasteiger partial charge in [-0.1, -0.05) is 13.3 Å². The molecule has 76 valence electrons. The second kappa shape index (κ2) is 4.23. The van der Waals surface area contributed by atoms with Gasteiger partial charge in [0.05, 0.1) is 5.60 Å². The van der Waals surface area contributed by atoms with E-state index in [1.807, 2.05) is 0 Å². The molecule has 1 N–H and O–H groups in total. The molecular weight excluding hydrogens is 164 g/mol. The van der Waals surface area contributed by atoms with Gasteiger partial charge in [-0.25, -0.2) is 0 Å². The molecule has 1 saturated carbocycles. The highest BCUT2D eigenvalue weighted by Crippen LogP contribution is 2.35. The predicted molar refractivity (Wildman–Crippen MR) is 52.5 cm³/mol. The van der Waals surface area contributed by atoms with Crippen molar-refractivity contribution in [2.24, 2.45) is 5.92 Å². The minimum absolute atomic E-state index is 0.220. The van der Waals surface area contributed by atoms with Crippen LogP contribution in [0.25, 0.3) is 0 Å². The van der Waals surface area contributed by atoms with Crippen molar-refractivity contribution in [3.05, 3.63) is 0 Å². The van der Waals surface area contributed by atoms with Gasteiger partial charge in [-0.15, -0.1) is 0 Å². The molecule has 1 rings (SSSR count). The number of carbonyl (C=O) groups is 1. The fraction of sp³-hybridized carbons (Fsp3) is 0.909. The molecule has 0 radical (unpaired) electrons. The summed E-state index contributed by atoms with van der Waals surface area (Å²) in [7, 11) is 0. The molecule has 1 aliphatic rings. The molecule has 2 heteroatoms. The van der Waals surface area contributed by atoms with Crippen LogP contribution in [0.5, 0.6) is 0 Å². The monoisotopic (exact) mass is 184 g/mol. The topological polar surface area (TPSA) is 37.3 Å². The average molecular weight is 184 g/mol. The minimum Gasteiger partial charge on any atom is -0.390 e. The first kappa shape index (κ1) is 10.7. The number of hydrogen-bond donors (Lipinski definition) is 1. The first-order chi connectivity index (χ1) is 6.07. The summed E-state index contributed by atoms with van der Waals surface area (Å²) in [5, 5.41) is 10.1. The number of aliphatic hydroxyl groups is 1. The Bertz CT molecular complexity index is 179. The van der Waals surface area contributed by atoms with Crippen molar-refractivity contribution >= 4 is 5.78 Å². The van der Waals surface area contributed by atoms with Gasteiger partial charge in [-0.05, 0) is 39.0 Å². The van der Waals surface area contributed by atoms with E-state index in [0.29, 0.717) is 5.78 Å². The van der Waals surface area contributed by atoms with Gasteiger partial charge in [0.15, 0.2) is 0 Å². The molecule has 0 bridgehead atoms. The molecule has 1 aliphatic carbocycles. The van der Waals surface area contributed by atoms with Crippen LogP contribution in [-0.4, -0.2) is 16.5 Å². The summed E-state index contributed by atoms with van der Waals surface area (Å²) in [5.41, 5.74) is -0.458. The molecule has 1 fully saturated rings. The molecule has 0 saturated heterocycles. The van der Waals surface area contributed by atoms with Gasteiger partial charge < -0.3 is 5.11 Å². The van der Waals surface area contributed by atoms with Crippen molar-refractivity contribution in [3.63, 3.8) is 0 Å². The van der Waals surface area contributed by atoms with Crippen molar-refractivity contribution < 1.29 is 9.90 Å². The van der Waals surface area contributed by atoms with Crippen LogP contribution in [0.3, 0.4) is 0 Å². The van der Waals surface area contributed by atoms with Crippen LogP contribution >= 0.6 is 0 Å². The Hall–Kier alpha value is -0.370. The maximum absolute atomic E-state index is 11.1. The van der Waals surface area contributed by atoms with Crippen molar-refractivity contribution in [1.29, 1.82) is 0 Å². The predicted octanol–water partition coefficient (Wildman–Crippen LogP) is 2.30. The summed E-state index contributed by atoms with van der Waals surface area (Å²) in [6.07, 6.45) is 5.30. The number of carbonyl (C=O) groups excluding carboxylic acids is 1. The van der Waals surface area contributed by atoms with E-state index in [-0.39, 0.29) is 5.92 Å². The maximum atomic E-state index is 11.1. The van der Waals surface area contributed by atoms with E-state index < -0.39 is 5.60 Å². The highest BCUT2D eigenvalue weighted by Gasteiger charge is 2.33. The van der Waals surface area contributed by atoms with Gasteiger partial charge in [-0.3, -0.25) is 4.79 Å². The molecule has 0 aromatic carbocycles. The normalized spacial score (nSPS) is 34.5. The molecule has 0 amide bonds. The Morgan fingerprint density at radius 3 is 2.38 bits per heavy atom. The molecule has 0 atom stereocenters. The third kappa shape index (κ3) is 2.80. The van der Waals surface area contributed by atoms with E-state index >= 15 is 0 Å². The van der Waals surface area contributed by atoms with E-state index in [1.165, 1.54) is 0 Å². The summed E-state index contributed by atoms with van der Waals surface area (Å²) in [5.74, 6) is 0.510. The van der Waals surface area contributed by atoms with E-state index in [0.717, 1.165) is 38.5 Å².